The Balaban J connectivity index is 1.41. The largest absolute Gasteiger partial charge is 0.326 e. The van der Waals surface area contributed by atoms with E-state index < -0.39 is 10.0 Å². The number of carbonyl (C=O) groups excluding carboxylic acids is 1. The van der Waals surface area contributed by atoms with Gasteiger partial charge in [-0.25, -0.2) is 8.42 Å². The Kier molecular flexibility index (Phi) is 8.33. The SMILES string of the molecule is CC(=O)Nc1ccc(S(=O)(=O)N2CCC(N(CCc3ccccc3)Cc3ccccc3)CC2)cc1. The van der Waals surface area contributed by atoms with Gasteiger partial charge in [-0.1, -0.05) is 60.7 Å². The van der Waals surface area contributed by atoms with E-state index in [-0.39, 0.29) is 10.8 Å². The lowest BCUT2D eigenvalue weighted by atomic mass is 10.0. The minimum absolute atomic E-state index is 0.185. The zero-order valence-electron chi connectivity index (χ0n) is 20.1. The van der Waals surface area contributed by atoms with Crippen LogP contribution >= 0.6 is 0 Å². The van der Waals surface area contributed by atoms with Gasteiger partial charge in [0.15, 0.2) is 0 Å². The molecule has 1 aliphatic heterocycles. The van der Waals surface area contributed by atoms with Gasteiger partial charge in [-0.2, -0.15) is 4.31 Å². The molecule has 3 aromatic carbocycles. The molecule has 0 unspecified atom stereocenters. The van der Waals surface area contributed by atoms with Crippen LogP contribution in [0.5, 0.6) is 0 Å². The molecule has 184 valence electrons. The summed E-state index contributed by atoms with van der Waals surface area (Å²) in [5, 5.41) is 2.67. The van der Waals surface area contributed by atoms with Crippen LogP contribution in [-0.4, -0.2) is 49.2 Å². The number of sulfonamides is 1. The molecule has 1 aliphatic rings. The average Bonchev–Trinajstić information content (AvgIpc) is 2.88. The van der Waals surface area contributed by atoms with E-state index >= 15 is 0 Å². The Morgan fingerprint density at radius 2 is 1.46 bits per heavy atom. The number of hydrogen-bond donors (Lipinski definition) is 1. The zero-order chi connectivity index (χ0) is 24.7. The number of nitrogens with zero attached hydrogens (tertiary/aromatic N) is 2. The van der Waals surface area contributed by atoms with Crippen LogP contribution in [0, 0.1) is 0 Å². The number of benzene rings is 3. The minimum Gasteiger partial charge on any atom is -0.326 e. The number of hydrogen-bond acceptors (Lipinski definition) is 4. The second-order valence-corrected chi connectivity index (χ2v) is 11.0. The number of amides is 1. The highest BCUT2D eigenvalue weighted by atomic mass is 32.2. The minimum atomic E-state index is -3.57. The molecule has 0 spiro atoms. The van der Waals surface area contributed by atoms with Crippen molar-refractivity contribution in [2.45, 2.75) is 43.7 Å². The molecule has 3 aromatic rings. The fourth-order valence-electron chi connectivity index (χ4n) is 4.64. The highest BCUT2D eigenvalue weighted by Gasteiger charge is 2.31. The smallest absolute Gasteiger partial charge is 0.243 e. The van der Waals surface area contributed by atoms with Crippen molar-refractivity contribution >= 4 is 21.6 Å². The molecule has 0 atom stereocenters. The normalized spacial score (nSPS) is 15.3. The Morgan fingerprint density at radius 1 is 0.886 bits per heavy atom. The van der Waals surface area contributed by atoms with Gasteiger partial charge in [0.05, 0.1) is 4.90 Å². The second kappa shape index (κ2) is 11.6. The Morgan fingerprint density at radius 3 is 2.03 bits per heavy atom. The predicted molar refractivity (Wildman–Crippen MR) is 140 cm³/mol. The summed E-state index contributed by atoms with van der Waals surface area (Å²) < 4.78 is 28.0. The molecule has 1 saturated heterocycles. The molecule has 1 heterocycles. The average molecular weight is 492 g/mol. The molecule has 0 radical (unpaired) electrons. The van der Waals surface area contributed by atoms with Crippen molar-refractivity contribution in [1.82, 2.24) is 9.21 Å². The number of carbonyl (C=O) groups is 1. The van der Waals surface area contributed by atoms with E-state index in [2.05, 4.69) is 58.7 Å². The monoisotopic (exact) mass is 491 g/mol. The van der Waals surface area contributed by atoms with Crippen LogP contribution in [-0.2, 0) is 27.8 Å². The van der Waals surface area contributed by atoms with Gasteiger partial charge in [0.25, 0.3) is 0 Å². The second-order valence-electron chi connectivity index (χ2n) is 9.03. The van der Waals surface area contributed by atoms with Crippen molar-refractivity contribution in [2.75, 3.05) is 25.0 Å². The molecule has 0 aliphatic carbocycles. The summed E-state index contributed by atoms with van der Waals surface area (Å²) in [5.41, 5.74) is 3.17. The molecule has 6 nitrogen and oxygen atoms in total. The topological polar surface area (TPSA) is 69.7 Å². The number of piperidine rings is 1. The Labute approximate surface area is 208 Å². The van der Waals surface area contributed by atoms with Crippen molar-refractivity contribution in [2.24, 2.45) is 0 Å². The standard InChI is InChI=1S/C28H33N3O3S/c1-23(32)29-26-12-14-28(15-13-26)35(33,34)31-20-17-27(18-21-31)30(22-25-10-6-3-7-11-25)19-16-24-8-4-2-5-9-24/h2-15,27H,16-22H2,1H3,(H,29,32). The van der Waals surface area contributed by atoms with Gasteiger partial charge in [0.2, 0.25) is 15.9 Å². The fraction of sp³-hybridized carbons (Fsp3) is 0.321. The van der Waals surface area contributed by atoms with Crippen molar-refractivity contribution in [3.63, 3.8) is 0 Å². The van der Waals surface area contributed by atoms with E-state index in [1.165, 1.54) is 18.1 Å². The van der Waals surface area contributed by atoms with Crippen LogP contribution in [0.2, 0.25) is 0 Å². The van der Waals surface area contributed by atoms with E-state index in [1.54, 1.807) is 28.6 Å². The first kappa shape index (κ1) is 25.1. The van der Waals surface area contributed by atoms with Gasteiger partial charge in [0.1, 0.15) is 0 Å². The van der Waals surface area contributed by atoms with Gasteiger partial charge >= 0.3 is 0 Å². The molecule has 1 fully saturated rings. The summed E-state index contributed by atoms with van der Waals surface area (Å²) in [6.07, 6.45) is 2.56. The highest BCUT2D eigenvalue weighted by molar-refractivity contribution is 7.89. The number of rotatable bonds is 9. The van der Waals surface area contributed by atoms with E-state index in [0.717, 1.165) is 32.4 Å². The van der Waals surface area contributed by atoms with Crippen molar-refractivity contribution in [3.8, 4) is 0 Å². The maximum absolute atomic E-state index is 13.2. The summed E-state index contributed by atoms with van der Waals surface area (Å²) in [6.45, 7) is 4.21. The molecular weight excluding hydrogens is 458 g/mol. The third-order valence-electron chi connectivity index (χ3n) is 6.51. The highest BCUT2D eigenvalue weighted by Crippen LogP contribution is 2.25. The molecule has 0 bridgehead atoms. The van der Waals surface area contributed by atoms with Gasteiger partial charge in [0, 0.05) is 44.8 Å². The molecular formula is C28H33N3O3S. The Hall–Kier alpha value is -3.00. The van der Waals surface area contributed by atoms with Crippen LogP contribution in [0.25, 0.3) is 0 Å². The summed E-state index contributed by atoms with van der Waals surface area (Å²) >= 11 is 0. The summed E-state index contributed by atoms with van der Waals surface area (Å²) in [4.78, 5) is 14.0. The molecule has 4 rings (SSSR count). The maximum Gasteiger partial charge on any atom is 0.243 e. The first-order valence-corrected chi connectivity index (χ1v) is 13.6. The quantitative estimate of drug-likeness (QED) is 0.477. The van der Waals surface area contributed by atoms with Gasteiger partial charge in [-0.05, 0) is 54.7 Å². The lowest BCUT2D eigenvalue weighted by molar-refractivity contribution is -0.114. The van der Waals surface area contributed by atoms with Crippen LogP contribution in [0.1, 0.15) is 30.9 Å². The fourth-order valence-corrected chi connectivity index (χ4v) is 6.11. The van der Waals surface area contributed by atoms with Crippen LogP contribution in [0.3, 0.4) is 0 Å². The number of nitrogens with one attached hydrogen (secondary N) is 1. The molecule has 1 N–H and O–H groups in total. The van der Waals surface area contributed by atoms with Gasteiger partial charge < -0.3 is 5.32 Å². The molecule has 7 heteroatoms. The summed E-state index contributed by atoms with van der Waals surface area (Å²) in [5.74, 6) is -0.185. The molecule has 1 amide bonds. The Bertz CT molecular complexity index is 1190. The first-order chi connectivity index (χ1) is 16.9. The molecule has 35 heavy (non-hydrogen) atoms. The van der Waals surface area contributed by atoms with Crippen LogP contribution in [0.15, 0.2) is 89.8 Å². The van der Waals surface area contributed by atoms with E-state index in [4.69, 9.17) is 0 Å². The van der Waals surface area contributed by atoms with Crippen molar-refractivity contribution in [1.29, 1.82) is 0 Å². The molecule has 0 aromatic heterocycles. The lowest BCUT2D eigenvalue weighted by Crippen LogP contribution is -2.47. The predicted octanol–water partition coefficient (Wildman–Crippen LogP) is 4.54. The summed E-state index contributed by atoms with van der Waals surface area (Å²) in [6, 6.07) is 27.7. The lowest BCUT2D eigenvalue weighted by Gasteiger charge is -2.38. The van der Waals surface area contributed by atoms with E-state index in [1.807, 2.05) is 12.1 Å². The third kappa shape index (κ3) is 6.78. The van der Waals surface area contributed by atoms with Gasteiger partial charge in [-0.3, -0.25) is 9.69 Å². The number of anilines is 1. The first-order valence-electron chi connectivity index (χ1n) is 12.1. The van der Waals surface area contributed by atoms with E-state index in [0.29, 0.717) is 24.8 Å². The van der Waals surface area contributed by atoms with Gasteiger partial charge in [-0.15, -0.1) is 0 Å². The van der Waals surface area contributed by atoms with Crippen molar-refractivity contribution in [3.05, 3.63) is 96.1 Å². The molecule has 0 saturated carbocycles. The zero-order valence-corrected chi connectivity index (χ0v) is 21.0. The van der Waals surface area contributed by atoms with E-state index in [9.17, 15) is 13.2 Å². The van der Waals surface area contributed by atoms with Crippen LogP contribution < -0.4 is 5.32 Å². The summed E-state index contributed by atoms with van der Waals surface area (Å²) in [7, 11) is -3.57. The van der Waals surface area contributed by atoms with Crippen LogP contribution in [0.4, 0.5) is 5.69 Å². The maximum atomic E-state index is 13.2. The third-order valence-corrected chi connectivity index (χ3v) is 8.42. The van der Waals surface area contributed by atoms with Crippen molar-refractivity contribution < 1.29 is 13.2 Å².